The molecule has 1 aromatic carbocycles. The van der Waals surface area contributed by atoms with E-state index in [1.807, 2.05) is 0 Å². The number of esters is 1. The predicted octanol–water partition coefficient (Wildman–Crippen LogP) is 1.64. The quantitative estimate of drug-likeness (QED) is 0.620. The summed E-state index contributed by atoms with van der Waals surface area (Å²) in [4.78, 5) is 30.1. The van der Waals surface area contributed by atoms with Gasteiger partial charge >= 0.3 is 5.97 Å². The number of amides is 1. The fraction of sp³-hybridized carbons (Fsp3) is 0.357. The molecule has 2 N–H and O–H groups in total. The molecule has 2 aromatic rings. The molecule has 0 fully saturated rings. The summed E-state index contributed by atoms with van der Waals surface area (Å²) < 4.78 is 4.81. The monoisotopic (exact) mass is 275 g/mol. The van der Waals surface area contributed by atoms with Crippen molar-refractivity contribution in [1.82, 2.24) is 15.3 Å². The average Bonchev–Trinajstić information content (AvgIpc) is 2.91. The Kier molecular flexibility index (Phi) is 4.70. The fourth-order valence-corrected chi connectivity index (χ4v) is 1.85. The fourth-order valence-electron chi connectivity index (χ4n) is 1.85. The number of nitrogens with one attached hydrogen (secondary N) is 2. The smallest absolute Gasteiger partial charge is 0.305 e. The SMILES string of the molecule is CCOC(=O)CCCNC(=O)c1ccc2nc[nH]c2c1. The van der Waals surface area contributed by atoms with Crippen LogP contribution in [0.15, 0.2) is 24.5 Å². The molecular weight excluding hydrogens is 258 g/mol. The number of imidazole rings is 1. The molecule has 0 aliphatic heterocycles. The first kappa shape index (κ1) is 14.0. The number of nitrogens with zero attached hydrogens (tertiary/aromatic N) is 1. The molecule has 6 nitrogen and oxygen atoms in total. The van der Waals surface area contributed by atoms with E-state index in [2.05, 4.69) is 15.3 Å². The number of hydrogen-bond acceptors (Lipinski definition) is 4. The lowest BCUT2D eigenvalue weighted by molar-refractivity contribution is -0.143. The van der Waals surface area contributed by atoms with Crippen LogP contribution < -0.4 is 5.32 Å². The van der Waals surface area contributed by atoms with Crippen molar-refractivity contribution in [3.05, 3.63) is 30.1 Å². The van der Waals surface area contributed by atoms with Crippen LogP contribution in [0, 0.1) is 0 Å². The highest BCUT2D eigenvalue weighted by Crippen LogP contribution is 2.11. The first-order valence-corrected chi connectivity index (χ1v) is 6.57. The number of carbonyl (C=O) groups is 2. The van der Waals surface area contributed by atoms with Gasteiger partial charge in [-0.2, -0.15) is 0 Å². The second-order valence-corrected chi connectivity index (χ2v) is 4.30. The van der Waals surface area contributed by atoms with Crippen molar-refractivity contribution in [3.63, 3.8) is 0 Å². The third-order valence-electron chi connectivity index (χ3n) is 2.83. The van der Waals surface area contributed by atoms with Crippen molar-refractivity contribution in [2.45, 2.75) is 19.8 Å². The third kappa shape index (κ3) is 3.57. The lowest BCUT2D eigenvalue weighted by Gasteiger charge is -2.05. The van der Waals surface area contributed by atoms with Gasteiger partial charge in [0.15, 0.2) is 0 Å². The molecule has 0 radical (unpaired) electrons. The Balaban J connectivity index is 1.81. The number of H-pyrrole nitrogens is 1. The van der Waals surface area contributed by atoms with Crippen molar-refractivity contribution in [3.8, 4) is 0 Å². The molecule has 0 unspecified atom stereocenters. The Morgan fingerprint density at radius 3 is 3.05 bits per heavy atom. The van der Waals surface area contributed by atoms with E-state index in [9.17, 15) is 9.59 Å². The Morgan fingerprint density at radius 1 is 1.40 bits per heavy atom. The van der Waals surface area contributed by atoms with E-state index in [-0.39, 0.29) is 11.9 Å². The molecule has 1 amide bonds. The number of ether oxygens (including phenoxy) is 1. The standard InChI is InChI=1S/C14H17N3O3/c1-2-20-13(18)4-3-7-15-14(19)10-5-6-11-12(8-10)17-9-16-11/h5-6,8-9H,2-4,7H2,1H3,(H,15,19)(H,16,17). The van der Waals surface area contributed by atoms with Crippen molar-refractivity contribution >= 4 is 22.9 Å². The van der Waals surface area contributed by atoms with Crippen LogP contribution in [0.25, 0.3) is 11.0 Å². The van der Waals surface area contributed by atoms with Crippen LogP contribution >= 0.6 is 0 Å². The van der Waals surface area contributed by atoms with Crippen molar-refractivity contribution in [2.24, 2.45) is 0 Å². The van der Waals surface area contributed by atoms with Gasteiger partial charge in [0.05, 0.1) is 24.0 Å². The molecule has 6 heteroatoms. The summed E-state index contributed by atoms with van der Waals surface area (Å²) in [5.74, 6) is -0.397. The van der Waals surface area contributed by atoms with Gasteiger partial charge in [0.2, 0.25) is 0 Å². The summed E-state index contributed by atoms with van der Waals surface area (Å²) in [7, 11) is 0. The number of aromatic nitrogens is 2. The van der Waals surface area contributed by atoms with Crippen LogP contribution in [0.5, 0.6) is 0 Å². The molecular formula is C14H17N3O3. The summed E-state index contributed by atoms with van der Waals surface area (Å²) in [5, 5.41) is 2.77. The predicted molar refractivity (Wildman–Crippen MR) is 74.3 cm³/mol. The first-order valence-electron chi connectivity index (χ1n) is 6.57. The van der Waals surface area contributed by atoms with E-state index < -0.39 is 0 Å². The first-order chi connectivity index (χ1) is 9.70. The van der Waals surface area contributed by atoms with Gasteiger partial charge in [-0.25, -0.2) is 4.98 Å². The van der Waals surface area contributed by atoms with Gasteiger partial charge in [0, 0.05) is 18.5 Å². The van der Waals surface area contributed by atoms with E-state index in [1.165, 1.54) is 0 Å². The van der Waals surface area contributed by atoms with E-state index >= 15 is 0 Å². The normalized spacial score (nSPS) is 10.4. The lowest BCUT2D eigenvalue weighted by Crippen LogP contribution is -2.25. The second kappa shape index (κ2) is 6.70. The van der Waals surface area contributed by atoms with E-state index in [1.54, 1.807) is 31.5 Å². The third-order valence-corrected chi connectivity index (χ3v) is 2.83. The minimum atomic E-state index is -0.236. The molecule has 2 rings (SSSR count). The van der Waals surface area contributed by atoms with Crippen LogP contribution in [-0.4, -0.2) is 35.0 Å². The minimum absolute atomic E-state index is 0.162. The number of fused-ring (bicyclic) bond motifs is 1. The Hall–Kier alpha value is -2.37. The minimum Gasteiger partial charge on any atom is -0.466 e. The molecule has 0 aliphatic rings. The van der Waals surface area contributed by atoms with E-state index in [0.29, 0.717) is 31.6 Å². The van der Waals surface area contributed by atoms with E-state index in [0.717, 1.165) is 11.0 Å². The van der Waals surface area contributed by atoms with Gasteiger partial charge in [-0.15, -0.1) is 0 Å². The zero-order chi connectivity index (χ0) is 14.4. The molecule has 106 valence electrons. The maximum absolute atomic E-state index is 11.9. The number of carbonyl (C=O) groups excluding carboxylic acids is 2. The summed E-state index contributed by atoms with van der Waals surface area (Å²) >= 11 is 0. The van der Waals surface area contributed by atoms with E-state index in [4.69, 9.17) is 4.74 Å². The Labute approximate surface area is 116 Å². The number of hydrogen-bond donors (Lipinski definition) is 2. The summed E-state index contributed by atoms with van der Waals surface area (Å²) in [6, 6.07) is 5.27. The maximum Gasteiger partial charge on any atom is 0.305 e. The molecule has 1 aromatic heterocycles. The summed E-state index contributed by atoms with van der Waals surface area (Å²) in [5.41, 5.74) is 2.21. The maximum atomic E-state index is 11.9. The van der Waals surface area contributed by atoms with Gasteiger partial charge < -0.3 is 15.0 Å². The number of aromatic amines is 1. The molecule has 0 saturated heterocycles. The average molecular weight is 275 g/mol. The number of rotatable bonds is 6. The Morgan fingerprint density at radius 2 is 2.25 bits per heavy atom. The number of benzene rings is 1. The molecule has 20 heavy (non-hydrogen) atoms. The topological polar surface area (TPSA) is 84.1 Å². The van der Waals surface area contributed by atoms with Crippen LogP contribution in [0.4, 0.5) is 0 Å². The molecule has 0 spiro atoms. The van der Waals surface area contributed by atoms with Crippen LogP contribution in [-0.2, 0) is 9.53 Å². The van der Waals surface area contributed by atoms with Gasteiger partial charge in [-0.05, 0) is 31.5 Å². The highest BCUT2D eigenvalue weighted by Gasteiger charge is 2.07. The molecule has 0 atom stereocenters. The Bertz CT molecular complexity index is 606. The molecule has 0 saturated carbocycles. The highest BCUT2D eigenvalue weighted by molar-refractivity contribution is 5.97. The molecule has 0 bridgehead atoms. The van der Waals surface area contributed by atoms with Gasteiger partial charge in [0.1, 0.15) is 0 Å². The van der Waals surface area contributed by atoms with Crippen LogP contribution in [0.2, 0.25) is 0 Å². The van der Waals surface area contributed by atoms with Crippen LogP contribution in [0.3, 0.4) is 0 Å². The highest BCUT2D eigenvalue weighted by atomic mass is 16.5. The van der Waals surface area contributed by atoms with Crippen molar-refractivity contribution < 1.29 is 14.3 Å². The summed E-state index contributed by atoms with van der Waals surface area (Å²) in [6.45, 7) is 2.60. The second-order valence-electron chi connectivity index (χ2n) is 4.30. The van der Waals surface area contributed by atoms with Gasteiger partial charge in [0.25, 0.3) is 5.91 Å². The summed E-state index contributed by atoms with van der Waals surface area (Å²) in [6.07, 6.45) is 2.47. The lowest BCUT2D eigenvalue weighted by atomic mass is 10.2. The molecule has 1 heterocycles. The molecule has 0 aliphatic carbocycles. The van der Waals surface area contributed by atoms with Crippen molar-refractivity contribution in [1.29, 1.82) is 0 Å². The van der Waals surface area contributed by atoms with Crippen molar-refractivity contribution in [2.75, 3.05) is 13.2 Å². The van der Waals surface area contributed by atoms with Gasteiger partial charge in [-0.3, -0.25) is 9.59 Å². The van der Waals surface area contributed by atoms with Crippen LogP contribution in [0.1, 0.15) is 30.1 Å². The largest absolute Gasteiger partial charge is 0.466 e. The zero-order valence-electron chi connectivity index (χ0n) is 11.3. The van der Waals surface area contributed by atoms with Gasteiger partial charge in [-0.1, -0.05) is 0 Å². The zero-order valence-corrected chi connectivity index (χ0v) is 11.3.